The zero-order valence-electron chi connectivity index (χ0n) is 18.3. The van der Waals surface area contributed by atoms with E-state index in [9.17, 15) is 18.5 Å². The first-order chi connectivity index (χ1) is 16.7. The molecule has 0 amide bonds. The SMILES string of the molecule is Nc1ncnc2c1c(-c1ccc(NS(=O)(=O)c3cccc([N+](=O)[O-])c3)c(F)c1)nn2C1CCCC1. The van der Waals surface area contributed by atoms with Crippen LogP contribution in [0.5, 0.6) is 0 Å². The van der Waals surface area contributed by atoms with Crippen molar-refractivity contribution in [2.24, 2.45) is 0 Å². The Balaban J connectivity index is 1.51. The molecule has 13 heteroatoms. The van der Waals surface area contributed by atoms with E-state index in [1.807, 2.05) is 4.68 Å². The molecule has 2 aromatic heterocycles. The van der Waals surface area contributed by atoms with Crippen LogP contribution in [0.15, 0.2) is 53.7 Å². The van der Waals surface area contributed by atoms with Crippen LogP contribution in [-0.2, 0) is 10.0 Å². The Morgan fingerprint density at radius 1 is 1.14 bits per heavy atom. The number of benzene rings is 2. The van der Waals surface area contributed by atoms with Crippen molar-refractivity contribution in [1.82, 2.24) is 19.7 Å². The zero-order valence-corrected chi connectivity index (χ0v) is 19.1. The van der Waals surface area contributed by atoms with Gasteiger partial charge in [-0.1, -0.05) is 25.0 Å². The van der Waals surface area contributed by atoms with E-state index in [4.69, 9.17) is 5.73 Å². The highest BCUT2D eigenvalue weighted by Crippen LogP contribution is 2.37. The minimum Gasteiger partial charge on any atom is -0.383 e. The van der Waals surface area contributed by atoms with Crippen LogP contribution in [0, 0.1) is 15.9 Å². The lowest BCUT2D eigenvalue weighted by Crippen LogP contribution is -2.14. The molecule has 0 saturated heterocycles. The summed E-state index contributed by atoms with van der Waals surface area (Å²) >= 11 is 0. The third kappa shape index (κ3) is 4.14. The van der Waals surface area contributed by atoms with Crippen LogP contribution in [0.1, 0.15) is 31.7 Å². The Morgan fingerprint density at radius 3 is 2.63 bits per heavy atom. The topological polar surface area (TPSA) is 159 Å². The first-order valence-electron chi connectivity index (χ1n) is 10.8. The summed E-state index contributed by atoms with van der Waals surface area (Å²) in [5.74, 6) is -0.638. The van der Waals surface area contributed by atoms with Gasteiger partial charge in [-0.05, 0) is 31.0 Å². The summed E-state index contributed by atoms with van der Waals surface area (Å²) in [4.78, 5) is 18.3. The second-order valence-electron chi connectivity index (χ2n) is 8.24. The molecule has 1 aliphatic carbocycles. The summed E-state index contributed by atoms with van der Waals surface area (Å²) in [7, 11) is -4.27. The number of hydrogen-bond donors (Lipinski definition) is 2. The molecule has 0 spiro atoms. The van der Waals surface area contributed by atoms with Crippen molar-refractivity contribution >= 4 is 38.2 Å². The van der Waals surface area contributed by atoms with Crippen molar-refractivity contribution in [3.8, 4) is 11.3 Å². The third-order valence-electron chi connectivity index (χ3n) is 6.01. The number of nitro benzene ring substituents is 1. The van der Waals surface area contributed by atoms with E-state index in [-0.39, 0.29) is 22.4 Å². The van der Waals surface area contributed by atoms with Gasteiger partial charge < -0.3 is 5.73 Å². The molecule has 1 fully saturated rings. The number of aromatic nitrogens is 4. The summed E-state index contributed by atoms with van der Waals surface area (Å²) in [5, 5.41) is 16.2. The fraction of sp³-hybridized carbons (Fsp3) is 0.227. The Bertz CT molecular complexity index is 1570. The standard InChI is InChI=1S/C22H20FN7O4S/c23-17-10-13(8-9-18(17)28-35(33,34)16-7-3-6-15(11-16)30(31)32)20-19-21(24)25-12-26-22(19)29(27-20)14-4-1-2-5-14/h3,6-12,14,28H,1-2,4-5H2,(H2,24,25,26). The van der Waals surface area contributed by atoms with Gasteiger partial charge in [0.15, 0.2) is 5.65 Å². The summed E-state index contributed by atoms with van der Waals surface area (Å²) in [6, 6.07) is 8.58. The van der Waals surface area contributed by atoms with E-state index in [0.29, 0.717) is 22.3 Å². The van der Waals surface area contributed by atoms with E-state index < -0.39 is 26.5 Å². The molecular weight excluding hydrogens is 477 g/mol. The number of hydrogen-bond acceptors (Lipinski definition) is 8. The lowest BCUT2D eigenvalue weighted by molar-refractivity contribution is -0.385. The van der Waals surface area contributed by atoms with Crippen LogP contribution in [0.2, 0.25) is 0 Å². The van der Waals surface area contributed by atoms with E-state index in [0.717, 1.165) is 37.8 Å². The highest BCUT2D eigenvalue weighted by atomic mass is 32.2. The number of nitro groups is 1. The average Bonchev–Trinajstić information content (AvgIpc) is 3.49. The van der Waals surface area contributed by atoms with Crippen LogP contribution in [0.3, 0.4) is 0 Å². The molecule has 0 aliphatic heterocycles. The molecule has 4 aromatic rings. The normalized spacial score (nSPS) is 14.4. The Hall–Kier alpha value is -4.13. The summed E-state index contributed by atoms with van der Waals surface area (Å²) in [6.07, 6.45) is 5.42. The average molecular weight is 498 g/mol. The van der Waals surface area contributed by atoms with Crippen molar-refractivity contribution in [2.75, 3.05) is 10.5 Å². The maximum atomic E-state index is 15.1. The molecule has 180 valence electrons. The minimum absolute atomic E-state index is 0.159. The first-order valence-corrected chi connectivity index (χ1v) is 12.3. The number of nitrogens with one attached hydrogen (secondary N) is 1. The highest BCUT2D eigenvalue weighted by molar-refractivity contribution is 7.92. The maximum absolute atomic E-state index is 15.1. The molecule has 2 aromatic carbocycles. The second-order valence-corrected chi connectivity index (χ2v) is 9.93. The Morgan fingerprint density at radius 2 is 1.91 bits per heavy atom. The van der Waals surface area contributed by atoms with Crippen LogP contribution >= 0.6 is 0 Å². The monoisotopic (exact) mass is 497 g/mol. The molecule has 11 nitrogen and oxygen atoms in total. The van der Waals surface area contributed by atoms with Gasteiger partial charge >= 0.3 is 0 Å². The Kier molecular flexibility index (Phi) is 5.55. The van der Waals surface area contributed by atoms with Gasteiger partial charge in [-0.2, -0.15) is 5.10 Å². The molecule has 1 aliphatic rings. The number of nitrogen functional groups attached to an aromatic ring is 1. The molecule has 0 radical (unpaired) electrons. The van der Waals surface area contributed by atoms with Gasteiger partial charge in [0.25, 0.3) is 15.7 Å². The van der Waals surface area contributed by atoms with Crippen molar-refractivity contribution < 1.29 is 17.7 Å². The smallest absolute Gasteiger partial charge is 0.270 e. The zero-order chi connectivity index (χ0) is 24.7. The lowest BCUT2D eigenvalue weighted by Gasteiger charge is -2.10. The van der Waals surface area contributed by atoms with Crippen molar-refractivity contribution in [2.45, 2.75) is 36.6 Å². The molecule has 35 heavy (non-hydrogen) atoms. The van der Waals surface area contributed by atoms with Gasteiger partial charge in [0, 0.05) is 17.7 Å². The number of non-ortho nitro benzene ring substituents is 1. The highest BCUT2D eigenvalue weighted by Gasteiger charge is 2.25. The maximum Gasteiger partial charge on any atom is 0.270 e. The number of anilines is 2. The van der Waals surface area contributed by atoms with Crippen LogP contribution in [0.25, 0.3) is 22.3 Å². The molecular formula is C22H20FN7O4S. The number of rotatable bonds is 6. The quantitative estimate of drug-likeness (QED) is 0.298. The van der Waals surface area contributed by atoms with Crippen LogP contribution in [-0.4, -0.2) is 33.1 Å². The van der Waals surface area contributed by atoms with Crippen molar-refractivity contribution in [1.29, 1.82) is 0 Å². The molecule has 0 unspecified atom stereocenters. The number of halogens is 1. The van der Waals surface area contributed by atoms with Gasteiger partial charge in [0.2, 0.25) is 0 Å². The number of nitrogens with two attached hydrogens (primary N) is 1. The molecule has 5 rings (SSSR count). The largest absolute Gasteiger partial charge is 0.383 e. The van der Waals surface area contributed by atoms with E-state index >= 15 is 4.39 Å². The van der Waals surface area contributed by atoms with Crippen LogP contribution < -0.4 is 10.5 Å². The molecule has 0 bridgehead atoms. The van der Waals surface area contributed by atoms with E-state index in [1.54, 1.807) is 0 Å². The van der Waals surface area contributed by atoms with Crippen molar-refractivity contribution in [3.63, 3.8) is 0 Å². The predicted octanol–water partition coefficient (Wildman–Crippen LogP) is 4.04. The fourth-order valence-electron chi connectivity index (χ4n) is 4.31. The minimum atomic E-state index is -4.27. The second kappa shape index (κ2) is 8.58. The van der Waals surface area contributed by atoms with Crippen LogP contribution in [0.4, 0.5) is 21.6 Å². The van der Waals surface area contributed by atoms with Crippen molar-refractivity contribution in [3.05, 3.63) is 64.7 Å². The number of nitrogens with zero attached hydrogens (tertiary/aromatic N) is 5. The predicted molar refractivity (Wildman–Crippen MR) is 127 cm³/mol. The summed E-state index contributed by atoms with van der Waals surface area (Å²) in [5.41, 5.74) is 6.75. The van der Waals surface area contributed by atoms with Gasteiger partial charge in [0.1, 0.15) is 23.7 Å². The Labute approximate surface area is 199 Å². The van der Waals surface area contributed by atoms with Gasteiger partial charge in [0.05, 0.1) is 26.9 Å². The molecule has 1 saturated carbocycles. The van der Waals surface area contributed by atoms with Gasteiger partial charge in [-0.3, -0.25) is 14.8 Å². The first kappa shape index (κ1) is 22.7. The summed E-state index contributed by atoms with van der Waals surface area (Å²) in [6.45, 7) is 0. The third-order valence-corrected chi connectivity index (χ3v) is 7.38. The lowest BCUT2D eigenvalue weighted by atomic mass is 10.1. The van der Waals surface area contributed by atoms with Gasteiger partial charge in [-0.25, -0.2) is 27.5 Å². The number of fused-ring (bicyclic) bond motifs is 1. The summed E-state index contributed by atoms with van der Waals surface area (Å²) < 4.78 is 44.4. The number of sulfonamides is 1. The molecule has 0 atom stereocenters. The van der Waals surface area contributed by atoms with E-state index in [1.165, 1.54) is 36.7 Å². The van der Waals surface area contributed by atoms with E-state index in [2.05, 4.69) is 19.8 Å². The molecule has 3 N–H and O–H groups in total. The molecule has 2 heterocycles. The van der Waals surface area contributed by atoms with Gasteiger partial charge in [-0.15, -0.1) is 0 Å². The fourth-order valence-corrected chi connectivity index (χ4v) is 5.42.